The van der Waals surface area contributed by atoms with Gasteiger partial charge >= 0.3 is 5.97 Å². The van der Waals surface area contributed by atoms with Crippen molar-refractivity contribution in [3.8, 4) is 0 Å². The van der Waals surface area contributed by atoms with Crippen LogP contribution in [0.25, 0.3) is 0 Å². The van der Waals surface area contributed by atoms with E-state index in [1.165, 1.54) is 0 Å². The van der Waals surface area contributed by atoms with Crippen molar-refractivity contribution in [3.05, 3.63) is 47.0 Å². The molecule has 6 saturated carbocycles. The first-order valence-corrected chi connectivity index (χ1v) is 17.7. The Morgan fingerprint density at radius 1 is 1.02 bits per heavy atom. The van der Waals surface area contributed by atoms with Crippen molar-refractivity contribution >= 4 is 12.3 Å². The molecule has 7 aliphatic rings. The Labute approximate surface area is 275 Å². The van der Waals surface area contributed by atoms with Gasteiger partial charge < -0.3 is 45.5 Å². The smallest absolute Gasteiger partial charge is 0.331 e. The molecule has 1 heterocycles. The second-order valence-corrected chi connectivity index (χ2v) is 16.3. The van der Waals surface area contributed by atoms with Gasteiger partial charge in [0.1, 0.15) is 23.1 Å². The third-order valence-electron chi connectivity index (χ3n) is 15.0. The zero-order valence-electron chi connectivity index (χ0n) is 27.1. The maximum Gasteiger partial charge on any atom is 0.331 e. The van der Waals surface area contributed by atoms with E-state index in [4.69, 9.17) is 4.74 Å². The van der Waals surface area contributed by atoms with Crippen molar-refractivity contribution in [2.45, 2.75) is 124 Å². The highest BCUT2D eigenvalue weighted by atomic mass is 16.6. The van der Waals surface area contributed by atoms with E-state index in [1.807, 2.05) is 31.3 Å². The van der Waals surface area contributed by atoms with Crippen LogP contribution in [0.15, 0.2) is 35.9 Å². The molecule has 2 bridgehead atoms. The molecule has 1 aromatic rings. The highest BCUT2D eigenvalue weighted by Crippen LogP contribution is 2.77. The molecule has 8 rings (SSSR count). The number of benzene rings is 1. The first-order valence-electron chi connectivity index (χ1n) is 17.7. The Kier molecular flexibility index (Phi) is 7.10. The molecule has 0 saturated heterocycles. The number of likely N-dealkylation sites (N-methyl/N-ethyl adjacent to an activating group) is 1. The van der Waals surface area contributed by atoms with Crippen molar-refractivity contribution in [3.63, 3.8) is 0 Å². The molecule has 0 radical (unpaired) electrons. The highest BCUT2D eigenvalue weighted by Gasteiger charge is 2.83. The summed E-state index contributed by atoms with van der Waals surface area (Å²) in [4.78, 5) is 26.4. The van der Waals surface area contributed by atoms with Gasteiger partial charge in [-0.15, -0.1) is 0 Å². The van der Waals surface area contributed by atoms with Gasteiger partial charge in [-0.05, 0) is 99.8 Å². The summed E-state index contributed by atoms with van der Waals surface area (Å²) in [7, 11) is 1.90. The van der Waals surface area contributed by atoms with Gasteiger partial charge in [0.15, 0.2) is 0 Å². The molecule has 0 aromatic heterocycles. The van der Waals surface area contributed by atoms with Crippen LogP contribution < -0.4 is 5.32 Å². The average molecular weight is 652 g/mol. The standard InChI is InChI=1S/C37H49NO9/c1-38-27(14-21-5-2-3-6-22(21)19-39)25-13-23-16-36(45)32(9-4-10-35(25)26(31(23)32)15-30(43)47-35)12-8-28-33(20-40)11-7-24(41)17-34(33,44)18-29(42)37(28,36)46/h2-3,5-6,15,20,23-25,27-29,31,38-39,41-42,44-46H,4,7-14,16-19H2,1H3/t23-,24-,25+,27+,28+,29+,31+,32+,33-,34+,35+,36+,37+/m0/s1. The minimum absolute atomic E-state index is 0.0639. The van der Waals surface area contributed by atoms with E-state index >= 15 is 0 Å². The quantitative estimate of drug-likeness (QED) is 0.176. The fraction of sp³-hybridized carbons (Fsp3) is 0.730. The molecular formula is C37H49NO9. The summed E-state index contributed by atoms with van der Waals surface area (Å²) in [5.74, 6) is -1.82. The zero-order chi connectivity index (χ0) is 33.2. The van der Waals surface area contributed by atoms with E-state index in [1.54, 1.807) is 6.08 Å². The molecule has 47 heavy (non-hydrogen) atoms. The lowest BCUT2D eigenvalue weighted by atomic mass is 9.38. The Balaban J connectivity index is 1.24. The summed E-state index contributed by atoms with van der Waals surface area (Å²) >= 11 is 0. The van der Waals surface area contributed by atoms with E-state index in [-0.39, 0.29) is 62.1 Å². The third-order valence-corrected chi connectivity index (χ3v) is 15.0. The molecule has 10 nitrogen and oxygen atoms in total. The summed E-state index contributed by atoms with van der Waals surface area (Å²) in [6, 6.07) is 7.66. The van der Waals surface area contributed by atoms with Crippen molar-refractivity contribution in [2.75, 3.05) is 7.05 Å². The van der Waals surface area contributed by atoms with Crippen molar-refractivity contribution in [2.24, 2.45) is 34.5 Å². The molecule has 7 N–H and O–H groups in total. The van der Waals surface area contributed by atoms with Crippen LogP contribution in [0.5, 0.6) is 0 Å². The topological polar surface area (TPSA) is 177 Å². The first kappa shape index (κ1) is 32.0. The van der Waals surface area contributed by atoms with E-state index < -0.39 is 51.4 Å². The Morgan fingerprint density at radius 3 is 2.51 bits per heavy atom. The number of fused-ring (bicyclic) bond motifs is 4. The molecule has 10 heteroatoms. The Morgan fingerprint density at radius 2 is 1.79 bits per heavy atom. The van der Waals surface area contributed by atoms with Crippen molar-refractivity contribution in [1.29, 1.82) is 0 Å². The SMILES string of the molecule is CN[C@H](Cc1ccccc1CO)[C@H]1C[C@H]2C[C@@]3(O)[C@]4(CCC[C@@]15OC(=O)C=C5[C@@H]24)CC[C@H]1[C@@]3(O)[C@H](O)C[C@]2(O)C[C@@H](O)CC[C@]12C=O. The molecule has 256 valence electrons. The third kappa shape index (κ3) is 3.76. The average Bonchev–Trinajstić information content (AvgIpc) is 3.48. The Hall–Kier alpha value is -2.18. The molecule has 1 aliphatic heterocycles. The Bertz CT molecular complexity index is 1520. The number of nitrogens with one attached hydrogen (secondary N) is 1. The minimum atomic E-state index is -2.08. The molecule has 0 amide bonds. The number of aliphatic hydroxyl groups excluding tert-OH is 3. The van der Waals surface area contributed by atoms with Crippen LogP contribution in [0.1, 0.15) is 81.8 Å². The van der Waals surface area contributed by atoms with Crippen LogP contribution in [0.4, 0.5) is 0 Å². The predicted octanol–water partition coefficient (Wildman–Crippen LogP) is 1.46. The number of hydrogen-bond acceptors (Lipinski definition) is 10. The van der Waals surface area contributed by atoms with E-state index in [2.05, 4.69) is 5.32 Å². The van der Waals surface area contributed by atoms with Crippen LogP contribution in [0, 0.1) is 34.5 Å². The van der Waals surface area contributed by atoms with Gasteiger partial charge in [0.2, 0.25) is 0 Å². The van der Waals surface area contributed by atoms with Crippen molar-refractivity contribution < 1.29 is 45.0 Å². The number of aldehydes is 1. The van der Waals surface area contributed by atoms with E-state index in [0.717, 1.165) is 23.0 Å². The molecular weight excluding hydrogens is 602 g/mol. The van der Waals surface area contributed by atoms with Gasteiger partial charge in [0.05, 0.1) is 29.8 Å². The number of aliphatic hydroxyl groups is 6. The second-order valence-electron chi connectivity index (χ2n) is 16.3. The maximum atomic E-state index is 13.3. The largest absolute Gasteiger partial charge is 0.451 e. The van der Waals surface area contributed by atoms with E-state index in [9.17, 15) is 40.2 Å². The molecule has 13 atom stereocenters. The lowest BCUT2D eigenvalue weighted by molar-refractivity contribution is -0.349. The van der Waals surface area contributed by atoms with Crippen LogP contribution in [0.3, 0.4) is 0 Å². The normalized spacial score (nSPS) is 50.2. The van der Waals surface area contributed by atoms with Crippen LogP contribution in [-0.4, -0.2) is 90.6 Å². The monoisotopic (exact) mass is 651 g/mol. The van der Waals surface area contributed by atoms with Crippen molar-refractivity contribution in [1.82, 2.24) is 5.32 Å². The molecule has 6 aliphatic carbocycles. The molecule has 6 fully saturated rings. The fourth-order valence-electron chi connectivity index (χ4n) is 13.3. The summed E-state index contributed by atoms with van der Waals surface area (Å²) in [6.45, 7) is -0.0821. The van der Waals surface area contributed by atoms with Gasteiger partial charge in [-0.2, -0.15) is 0 Å². The summed E-state index contributed by atoms with van der Waals surface area (Å²) < 4.78 is 6.39. The predicted molar refractivity (Wildman–Crippen MR) is 168 cm³/mol. The number of carbonyl (C=O) groups is 2. The second kappa shape index (κ2) is 10.4. The fourth-order valence-corrected chi connectivity index (χ4v) is 13.3. The number of rotatable bonds is 6. The molecule has 0 unspecified atom stereocenters. The number of ether oxygens (including phenoxy) is 1. The number of esters is 1. The van der Waals surface area contributed by atoms with E-state index in [0.29, 0.717) is 51.4 Å². The highest BCUT2D eigenvalue weighted by molar-refractivity contribution is 5.87. The summed E-state index contributed by atoms with van der Waals surface area (Å²) in [5.41, 5.74) is -5.96. The molecule has 1 spiro atoms. The van der Waals surface area contributed by atoms with Gasteiger partial charge in [0.25, 0.3) is 0 Å². The van der Waals surface area contributed by atoms with Gasteiger partial charge in [0, 0.05) is 42.2 Å². The lowest BCUT2D eigenvalue weighted by Gasteiger charge is -2.70. The molecule has 1 aromatic carbocycles. The summed E-state index contributed by atoms with van der Waals surface area (Å²) in [6.07, 6.45) is 4.15. The first-order chi connectivity index (χ1) is 22.4. The minimum Gasteiger partial charge on any atom is -0.451 e. The number of hydrogen-bond donors (Lipinski definition) is 7. The zero-order valence-corrected chi connectivity index (χ0v) is 27.1. The van der Waals surface area contributed by atoms with Crippen LogP contribution >= 0.6 is 0 Å². The van der Waals surface area contributed by atoms with Gasteiger partial charge in [-0.3, -0.25) is 0 Å². The lowest BCUT2D eigenvalue weighted by Crippen LogP contribution is -2.81. The number of carbonyl (C=O) groups excluding carboxylic acids is 2. The maximum absolute atomic E-state index is 13.3. The van der Waals surface area contributed by atoms with Crippen LogP contribution in [0.2, 0.25) is 0 Å². The van der Waals surface area contributed by atoms with Crippen LogP contribution in [-0.2, 0) is 27.4 Å². The summed E-state index contributed by atoms with van der Waals surface area (Å²) in [5, 5.41) is 74.3. The van der Waals surface area contributed by atoms with Gasteiger partial charge in [-0.1, -0.05) is 24.3 Å². The van der Waals surface area contributed by atoms with Gasteiger partial charge in [-0.25, -0.2) is 4.79 Å².